The number of aromatic nitrogens is 2. The van der Waals surface area contributed by atoms with Crippen LogP contribution in [0.4, 0.5) is 0 Å². The van der Waals surface area contributed by atoms with E-state index in [4.69, 9.17) is 5.10 Å². The third-order valence-electron chi connectivity index (χ3n) is 6.19. The summed E-state index contributed by atoms with van der Waals surface area (Å²) in [4.78, 5) is 26.5. The fraction of sp³-hybridized carbons (Fsp3) is 0.550. The standard InChI is InChI=1S/C20H26N4O2/c1-20(9-6-17(25)21-19(20)26)18-15-5-4-14(12-16(15)24(3)22-18)13-7-10-23(2)11-8-13/h4-5,12-13H,6-11H2,1-3H3,(H,21,25,26). The first kappa shape index (κ1) is 17.2. The number of nitrogens with one attached hydrogen (secondary N) is 1. The number of rotatable bonds is 2. The van der Waals surface area contributed by atoms with Gasteiger partial charge in [-0.2, -0.15) is 5.10 Å². The van der Waals surface area contributed by atoms with Crippen molar-refractivity contribution in [3.8, 4) is 0 Å². The average molecular weight is 354 g/mol. The highest BCUT2D eigenvalue weighted by Crippen LogP contribution is 2.37. The predicted molar refractivity (Wildman–Crippen MR) is 99.9 cm³/mol. The number of amides is 2. The van der Waals surface area contributed by atoms with Gasteiger partial charge in [-0.25, -0.2) is 0 Å². The number of likely N-dealkylation sites (tertiary alicyclic amines) is 1. The second-order valence-corrected chi connectivity index (χ2v) is 8.04. The van der Waals surface area contributed by atoms with E-state index in [9.17, 15) is 9.59 Å². The minimum absolute atomic E-state index is 0.197. The lowest BCUT2D eigenvalue weighted by Crippen LogP contribution is -2.50. The lowest BCUT2D eigenvalue weighted by Gasteiger charge is -2.30. The first-order valence-corrected chi connectivity index (χ1v) is 9.38. The number of aryl methyl sites for hydroxylation is 1. The van der Waals surface area contributed by atoms with Crippen LogP contribution in [0.5, 0.6) is 0 Å². The van der Waals surface area contributed by atoms with E-state index in [0.29, 0.717) is 18.8 Å². The van der Waals surface area contributed by atoms with E-state index in [-0.39, 0.29) is 11.8 Å². The molecule has 6 nitrogen and oxygen atoms in total. The second-order valence-electron chi connectivity index (χ2n) is 8.04. The highest BCUT2D eigenvalue weighted by atomic mass is 16.2. The van der Waals surface area contributed by atoms with Crippen molar-refractivity contribution in [2.24, 2.45) is 7.05 Å². The molecule has 0 radical (unpaired) electrons. The Morgan fingerprint density at radius 2 is 1.92 bits per heavy atom. The highest BCUT2D eigenvalue weighted by Gasteiger charge is 2.43. The molecule has 2 aliphatic rings. The van der Waals surface area contributed by atoms with Crippen LogP contribution in [0.1, 0.15) is 49.8 Å². The van der Waals surface area contributed by atoms with E-state index in [1.165, 1.54) is 18.4 Å². The molecule has 3 heterocycles. The van der Waals surface area contributed by atoms with Crippen LogP contribution in [0.25, 0.3) is 10.9 Å². The van der Waals surface area contributed by atoms with Gasteiger partial charge >= 0.3 is 0 Å². The molecule has 0 aliphatic carbocycles. The fourth-order valence-electron chi connectivity index (χ4n) is 4.31. The molecule has 1 aromatic carbocycles. The van der Waals surface area contributed by atoms with Gasteiger partial charge in [0.1, 0.15) is 0 Å². The molecule has 138 valence electrons. The number of hydrogen-bond donors (Lipinski definition) is 1. The molecular formula is C20H26N4O2. The fourth-order valence-corrected chi connectivity index (χ4v) is 4.31. The van der Waals surface area contributed by atoms with Gasteiger partial charge in [0.2, 0.25) is 11.8 Å². The molecule has 2 amide bonds. The van der Waals surface area contributed by atoms with Crippen LogP contribution in [0, 0.1) is 0 Å². The van der Waals surface area contributed by atoms with Gasteiger partial charge in [-0.3, -0.25) is 19.6 Å². The van der Waals surface area contributed by atoms with Gasteiger partial charge < -0.3 is 4.90 Å². The maximum absolute atomic E-state index is 12.5. The van der Waals surface area contributed by atoms with Gasteiger partial charge in [-0.15, -0.1) is 0 Å². The molecule has 1 aromatic heterocycles. The molecule has 26 heavy (non-hydrogen) atoms. The minimum atomic E-state index is -0.761. The Labute approximate surface area is 153 Å². The number of hydrogen-bond acceptors (Lipinski definition) is 4. The van der Waals surface area contributed by atoms with Crippen LogP contribution in [0.15, 0.2) is 18.2 Å². The zero-order valence-electron chi connectivity index (χ0n) is 15.7. The zero-order valence-corrected chi connectivity index (χ0v) is 15.7. The number of carbonyl (C=O) groups excluding carboxylic acids is 2. The topological polar surface area (TPSA) is 67.2 Å². The lowest BCUT2D eigenvalue weighted by molar-refractivity contribution is -0.137. The Morgan fingerprint density at radius 1 is 1.19 bits per heavy atom. The molecule has 2 aliphatic heterocycles. The van der Waals surface area contributed by atoms with Gasteiger partial charge in [-0.05, 0) is 63.9 Å². The number of benzene rings is 1. The normalized spacial score (nSPS) is 25.7. The second kappa shape index (κ2) is 6.20. The molecule has 2 fully saturated rings. The Balaban J connectivity index is 1.72. The molecule has 6 heteroatoms. The minimum Gasteiger partial charge on any atom is -0.306 e. The van der Waals surface area contributed by atoms with Crippen LogP contribution < -0.4 is 5.32 Å². The Bertz CT molecular complexity index is 879. The van der Waals surface area contributed by atoms with Gasteiger partial charge in [0, 0.05) is 18.9 Å². The van der Waals surface area contributed by atoms with Crippen molar-refractivity contribution in [2.75, 3.05) is 20.1 Å². The van der Waals surface area contributed by atoms with E-state index in [0.717, 1.165) is 29.7 Å². The smallest absolute Gasteiger partial charge is 0.238 e. The maximum Gasteiger partial charge on any atom is 0.238 e. The largest absolute Gasteiger partial charge is 0.306 e. The summed E-state index contributed by atoms with van der Waals surface area (Å²) in [5.74, 6) is 0.144. The van der Waals surface area contributed by atoms with Gasteiger partial charge in [0.15, 0.2) is 0 Å². The first-order valence-electron chi connectivity index (χ1n) is 9.38. The van der Waals surface area contributed by atoms with Crippen LogP contribution in [0.3, 0.4) is 0 Å². The summed E-state index contributed by atoms with van der Waals surface area (Å²) in [5.41, 5.74) is 2.42. The summed E-state index contributed by atoms with van der Waals surface area (Å²) in [6.07, 6.45) is 3.21. The SMILES string of the molecule is CN1CCC(c2ccc3c(C4(C)CCC(=O)NC4=O)nn(C)c3c2)CC1. The van der Waals surface area contributed by atoms with Crippen LogP contribution in [0.2, 0.25) is 0 Å². The van der Waals surface area contributed by atoms with Crippen LogP contribution in [-0.2, 0) is 22.1 Å². The Morgan fingerprint density at radius 3 is 2.62 bits per heavy atom. The van der Waals surface area contributed by atoms with Crippen molar-refractivity contribution >= 4 is 22.7 Å². The monoisotopic (exact) mass is 354 g/mol. The molecule has 2 saturated heterocycles. The summed E-state index contributed by atoms with van der Waals surface area (Å²) < 4.78 is 1.87. The van der Waals surface area contributed by atoms with Crippen molar-refractivity contribution in [1.82, 2.24) is 20.0 Å². The quantitative estimate of drug-likeness (QED) is 0.839. The molecular weight excluding hydrogens is 328 g/mol. The zero-order chi connectivity index (χ0) is 18.5. The third-order valence-corrected chi connectivity index (χ3v) is 6.19. The average Bonchev–Trinajstić information content (AvgIpc) is 2.96. The van der Waals surface area contributed by atoms with Gasteiger partial charge in [0.05, 0.1) is 16.6 Å². The molecule has 1 atom stereocenters. The summed E-state index contributed by atoms with van der Waals surface area (Å²) in [6, 6.07) is 6.54. The molecule has 1 N–H and O–H groups in total. The summed E-state index contributed by atoms with van der Waals surface area (Å²) >= 11 is 0. The summed E-state index contributed by atoms with van der Waals surface area (Å²) in [5, 5.41) is 8.18. The maximum atomic E-state index is 12.5. The van der Waals surface area contributed by atoms with E-state index in [1.54, 1.807) is 0 Å². The van der Waals surface area contributed by atoms with E-state index < -0.39 is 5.41 Å². The van der Waals surface area contributed by atoms with Crippen molar-refractivity contribution in [2.45, 2.75) is 43.9 Å². The van der Waals surface area contributed by atoms with Gasteiger partial charge in [0.25, 0.3) is 0 Å². The van der Waals surface area contributed by atoms with E-state index >= 15 is 0 Å². The van der Waals surface area contributed by atoms with Crippen molar-refractivity contribution in [3.05, 3.63) is 29.5 Å². The number of carbonyl (C=O) groups is 2. The molecule has 4 rings (SSSR count). The summed E-state index contributed by atoms with van der Waals surface area (Å²) in [6.45, 7) is 4.15. The molecule has 1 unspecified atom stereocenters. The first-order chi connectivity index (χ1) is 12.4. The number of fused-ring (bicyclic) bond motifs is 1. The van der Waals surface area contributed by atoms with Crippen LogP contribution >= 0.6 is 0 Å². The van der Waals surface area contributed by atoms with Crippen LogP contribution in [-0.4, -0.2) is 46.6 Å². The molecule has 2 aromatic rings. The molecule has 0 spiro atoms. The molecule has 0 bridgehead atoms. The van der Waals surface area contributed by atoms with Crippen molar-refractivity contribution in [3.63, 3.8) is 0 Å². The number of imide groups is 1. The van der Waals surface area contributed by atoms with Crippen molar-refractivity contribution in [1.29, 1.82) is 0 Å². The third kappa shape index (κ3) is 2.72. The predicted octanol–water partition coefficient (Wildman–Crippen LogP) is 2.08. The van der Waals surface area contributed by atoms with Gasteiger partial charge in [-0.1, -0.05) is 12.1 Å². The summed E-state index contributed by atoms with van der Waals surface area (Å²) in [7, 11) is 4.10. The van der Waals surface area contributed by atoms with Crippen molar-refractivity contribution < 1.29 is 9.59 Å². The highest BCUT2D eigenvalue weighted by molar-refractivity contribution is 6.04. The lowest BCUT2D eigenvalue weighted by atomic mass is 9.77. The number of nitrogens with zero attached hydrogens (tertiary/aromatic N) is 3. The van der Waals surface area contributed by atoms with E-state index in [2.05, 4.69) is 35.5 Å². The molecule has 0 saturated carbocycles. The Kier molecular flexibility index (Phi) is 4.10. The number of piperidine rings is 2. The Hall–Kier alpha value is -2.21. The van der Waals surface area contributed by atoms with E-state index in [1.807, 2.05) is 18.7 Å².